The molecule has 0 aliphatic carbocycles. The van der Waals surface area contributed by atoms with Gasteiger partial charge in [-0.25, -0.2) is 18.9 Å². The number of aliphatic hydroxyl groups excluding tert-OH is 1. The minimum atomic E-state index is -1.05. The van der Waals surface area contributed by atoms with Gasteiger partial charge in [0.05, 0.1) is 34.3 Å². The lowest BCUT2D eigenvalue weighted by atomic mass is 9.93. The summed E-state index contributed by atoms with van der Waals surface area (Å²) in [6.07, 6.45) is 0.831. The van der Waals surface area contributed by atoms with E-state index >= 15 is 0 Å². The highest BCUT2D eigenvalue weighted by Crippen LogP contribution is 2.26. The van der Waals surface area contributed by atoms with Crippen LogP contribution in [-0.4, -0.2) is 68.7 Å². The van der Waals surface area contributed by atoms with E-state index in [2.05, 4.69) is 41.1 Å². The maximum absolute atomic E-state index is 13.9. The number of hydrogen-bond donors (Lipinski definition) is 4. The summed E-state index contributed by atoms with van der Waals surface area (Å²) in [5.74, 6) is -0.586. The van der Waals surface area contributed by atoms with E-state index in [0.29, 0.717) is 19.4 Å². The minimum absolute atomic E-state index is 0.0660. The van der Waals surface area contributed by atoms with Crippen LogP contribution in [0.3, 0.4) is 0 Å². The topological polar surface area (TPSA) is 146 Å². The molecule has 4 atom stereocenters. The predicted octanol–water partition coefficient (Wildman–Crippen LogP) is 6.08. The second kappa shape index (κ2) is 18.8. The van der Waals surface area contributed by atoms with E-state index in [9.17, 15) is 19.5 Å². The Kier molecular flexibility index (Phi) is 14.5. The minimum Gasteiger partial charge on any atom is -0.444 e. The normalized spacial score (nSPS) is 13.9. The number of aromatic nitrogens is 2. The van der Waals surface area contributed by atoms with Gasteiger partial charge in [0.15, 0.2) is 0 Å². The van der Waals surface area contributed by atoms with Crippen LogP contribution in [0.2, 0.25) is 0 Å². The zero-order chi connectivity index (χ0) is 37.0. The fourth-order valence-electron chi connectivity index (χ4n) is 5.45. The molecular formula is C38H50N6O5S2. The highest BCUT2D eigenvalue weighted by molar-refractivity contribution is 7.09. The number of alkyl carbamates (subject to hydrolysis) is 1. The van der Waals surface area contributed by atoms with Crippen LogP contribution in [0.1, 0.15) is 67.7 Å². The first-order chi connectivity index (χ1) is 24.3. The van der Waals surface area contributed by atoms with Gasteiger partial charge in [-0.3, -0.25) is 4.79 Å². The summed E-state index contributed by atoms with van der Waals surface area (Å²) in [7, 11) is 1.68. The summed E-state index contributed by atoms with van der Waals surface area (Å²) in [5, 5.41) is 23.5. The zero-order valence-corrected chi connectivity index (χ0v) is 31.8. The molecule has 4 rings (SSSR count). The van der Waals surface area contributed by atoms with E-state index in [1.165, 1.54) is 16.4 Å². The summed E-state index contributed by atoms with van der Waals surface area (Å²) in [6.45, 7) is 10.4. The Hall–Kier alpha value is -4.33. The Morgan fingerprint density at radius 2 is 1.57 bits per heavy atom. The lowest BCUT2D eigenvalue weighted by molar-refractivity contribution is -0.124. The maximum atomic E-state index is 13.9. The molecule has 11 nitrogen and oxygen atoms in total. The number of carbonyl (C=O) groups excluding carboxylic acids is 3. The standard InChI is InChI=1S/C38H50N6O5S2/c1-25(2)33(43-36(47)44(6)22-29-24-50-35(41-29)38(3,4)5)34(46)40-28(19-26-13-9-7-10-14-26)21-32(45)31(20-27-15-11-8-12-16-27)42-37(48)49-23-30-17-18-39-51-30/h7-18,24-25,28,31-33,45H,19-23H2,1-6H3,(H,40,46)(H,42,48)(H,43,47)/t28-,31-,32-,33-/m0/s1. The first kappa shape index (κ1) is 39.5. The average Bonchev–Trinajstić information content (AvgIpc) is 3.79. The second-order valence-corrected chi connectivity index (χ2v) is 15.9. The van der Waals surface area contributed by atoms with E-state index in [0.717, 1.165) is 26.7 Å². The molecule has 0 bridgehead atoms. The zero-order valence-electron chi connectivity index (χ0n) is 30.2. The number of hydrogen-bond acceptors (Lipinski definition) is 9. The van der Waals surface area contributed by atoms with Crippen LogP contribution in [0.15, 0.2) is 78.3 Å². The van der Waals surface area contributed by atoms with E-state index in [1.54, 1.807) is 30.6 Å². The van der Waals surface area contributed by atoms with Crippen molar-refractivity contribution in [1.82, 2.24) is 30.2 Å². The largest absolute Gasteiger partial charge is 0.444 e. The van der Waals surface area contributed by atoms with E-state index < -0.39 is 36.4 Å². The van der Waals surface area contributed by atoms with Crippen LogP contribution in [0.25, 0.3) is 0 Å². The Bertz CT molecular complexity index is 1660. The molecule has 0 saturated carbocycles. The van der Waals surface area contributed by atoms with Gasteiger partial charge in [-0.05, 0) is 53.9 Å². The molecule has 274 valence electrons. The monoisotopic (exact) mass is 734 g/mol. The van der Waals surface area contributed by atoms with Gasteiger partial charge in [-0.15, -0.1) is 11.3 Å². The number of urea groups is 1. The first-order valence-electron chi connectivity index (χ1n) is 17.1. The number of amides is 4. The van der Waals surface area contributed by atoms with Crippen molar-refractivity contribution in [3.63, 3.8) is 0 Å². The molecule has 0 radical (unpaired) electrons. The van der Waals surface area contributed by atoms with Crippen molar-refractivity contribution in [3.8, 4) is 0 Å². The Labute approximate surface area is 309 Å². The molecule has 0 aliphatic heterocycles. The maximum Gasteiger partial charge on any atom is 0.407 e. The van der Waals surface area contributed by atoms with Gasteiger partial charge in [0, 0.05) is 30.1 Å². The van der Waals surface area contributed by atoms with Gasteiger partial charge in [0.2, 0.25) is 5.91 Å². The highest BCUT2D eigenvalue weighted by atomic mass is 32.1. The molecule has 0 unspecified atom stereocenters. The molecule has 2 aromatic heterocycles. The van der Waals surface area contributed by atoms with Crippen molar-refractivity contribution in [2.24, 2.45) is 5.92 Å². The van der Waals surface area contributed by atoms with Crippen LogP contribution in [0, 0.1) is 5.92 Å². The molecule has 51 heavy (non-hydrogen) atoms. The Morgan fingerprint density at radius 3 is 2.14 bits per heavy atom. The quantitative estimate of drug-likeness (QED) is 0.109. The smallest absolute Gasteiger partial charge is 0.407 e. The van der Waals surface area contributed by atoms with Crippen molar-refractivity contribution in [1.29, 1.82) is 0 Å². The molecule has 0 spiro atoms. The molecule has 4 amide bonds. The van der Waals surface area contributed by atoms with Gasteiger partial charge in [0.25, 0.3) is 0 Å². The summed E-state index contributed by atoms with van der Waals surface area (Å²) < 4.78 is 9.47. The van der Waals surface area contributed by atoms with Crippen LogP contribution in [0.4, 0.5) is 9.59 Å². The molecule has 0 saturated heterocycles. The van der Waals surface area contributed by atoms with Crippen molar-refractivity contribution in [3.05, 3.63) is 105 Å². The third-order valence-corrected chi connectivity index (χ3v) is 10.3. The number of carbonyl (C=O) groups is 3. The Balaban J connectivity index is 1.46. The third-order valence-electron chi connectivity index (χ3n) is 8.27. The van der Waals surface area contributed by atoms with Crippen molar-refractivity contribution >= 4 is 40.9 Å². The van der Waals surface area contributed by atoms with E-state index in [-0.39, 0.29) is 30.3 Å². The summed E-state index contributed by atoms with van der Waals surface area (Å²) >= 11 is 2.81. The van der Waals surface area contributed by atoms with Crippen molar-refractivity contribution < 1.29 is 24.2 Å². The van der Waals surface area contributed by atoms with Crippen LogP contribution >= 0.6 is 22.9 Å². The summed E-state index contributed by atoms with van der Waals surface area (Å²) in [6, 6.07) is 18.6. The van der Waals surface area contributed by atoms with Crippen LogP contribution in [0.5, 0.6) is 0 Å². The fraction of sp³-hybridized carbons (Fsp3) is 0.447. The fourth-order valence-corrected chi connectivity index (χ4v) is 6.84. The number of ether oxygens (including phenoxy) is 1. The molecular weight excluding hydrogens is 685 g/mol. The molecule has 0 aliphatic rings. The number of nitrogens with zero attached hydrogens (tertiary/aromatic N) is 3. The molecule has 4 aromatic rings. The first-order valence-corrected chi connectivity index (χ1v) is 18.8. The summed E-state index contributed by atoms with van der Waals surface area (Å²) in [4.78, 5) is 47.2. The molecule has 2 aromatic carbocycles. The lowest BCUT2D eigenvalue weighted by Crippen LogP contribution is -2.55. The predicted molar refractivity (Wildman–Crippen MR) is 202 cm³/mol. The SMILES string of the molecule is CC(C)[C@H](NC(=O)N(C)Cc1csc(C(C)(C)C)n1)C(=O)N[C@@H](Cc1ccccc1)C[C@H](O)[C@H](Cc1ccccc1)NC(=O)OCc1ccns1. The van der Waals surface area contributed by atoms with Gasteiger partial charge >= 0.3 is 12.1 Å². The number of rotatable bonds is 16. The van der Waals surface area contributed by atoms with Crippen molar-refractivity contribution in [2.45, 2.75) is 96.7 Å². The highest BCUT2D eigenvalue weighted by Gasteiger charge is 2.31. The molecule has 4 N–H and O–H groups in total. The third kappa shape index (κ3) is 12.7. The lowest BCUT2D eigenvalue weighted by Gasteiger charge is -2.30. The number of thiazole rings is 1. The van der Waals surface area contributed by atoms with Crippen LogP contribution in [-0.2, 0) is 40.9 Å². The van der Waals surface area contributed by atoms with E-state index in [1.807, 2.05) is 79.9 Å². The second-order valence-electron chi connectivity index (χ2n) is 14.1. The van der Waals surface area contributed by atoms with E-state index in [4.69, 9.17) is 9.72 Å². The van der Waals surface area contributed by atoms with Gasteiger partial charge < -0.3 is 30.7 Å². The molecule has 0 fully saturated rings. The molecule has 13 heteroatoms. The number of benzene rings is 2. The molecule has 2 heterocycles. The average molecular weight is 735 g/mol. The van der Waals surface area contributed by atoms with Crippen molar-refractivity contribution in [2.75, 3.05) is 7.05 Å². The summed E-state index contributed by atoms with van der Waals surface area (Å²) in [5.41, 5.74) is 2.59. The number of aliphatic hydroxyl groups is 1. The van der Waals surface area contributed by atoms with Crippen LogP contribution < -0.4 is 16.0 Å². The number of nitrogens with one attached hydrogen (secondary N) is 3. The van der Waals surface area contributed by atoms with Gasteiger partial charge in [-0.2, -0.15) is 0 Å². The van der Waals surface area contributed by atoms with Gasteiger partial charge in [-0.1, -0.05) is 95.3 Å². The Morgan fingerprint density at radius 1 is 0.922 bits per heavy atom. The van der Waals surface area contributed by atoms with Gasteiger partial charge in [0.1, 0.15) is 12.6 Å².